The number of thiophene rings is 1. The summed E-state index contributed by atoms with van der Waals surface area (Å²) in [7, 11) is 0. The number of benzene rings is 2. The van der Waals surface area contributed by atoms with E-state index >= 15 is 0 Å². The highest BCUT2D eigenvalue weighted by molar-refractivity contribution is 7.14. The second-order valence-electron chi connectivity index (χ2n) is 4.96. The van der Waals surface area contributed by atoms with Crippen molar-refractivity contribution >= 4 is 28.6 Å². The van der Waals surface area contributed by atoms with Crippen molar-refractivity contribution in [1.82, 2.24) is 0 Å². The smallest absolute Gasteiger partial charge is 0.0931 e. The predicted octanol–water partition coefficient (Wildman–Crippen LogP) is 6.24. The predicted molar refractivity (Wildman–Crippen MR) is 93.2 cm³/mol. The fraction of sp³-hybridized carbons (Fsp3) is 0.111. The van der Waals surface area contributed by atoms with E-state index in [4.69, 9.17) is 11.6 Å². The Balaban J connectivity index is 1.89. The maximum absolute atomic E-state index is 6.03. The molecule has 0 aliphatic rings. The summed E-state index contributed by atoms with van der Waals surface area (Å²) in [5.41, 5.74) is 4.79. The van der Waals surface area contributed by atoms with Gasteiger partial charge in [0.1, 0.15) is 0 Å². The summed E-state index contributed by atoms with van der Waals surface area (Å²) in [6.45, 7) is 2.15. The van der Waals surface area contributed by atoms with Crippen LogP contribution in [0.15, 0.2) is 66.0 Å². The number of rotatable bonds is 4. The minimum Gasteiger partial charge on any atom is -0.378 e. The molecule has 0 aliphatic heterocycles. The molecule has 0 saturated carbocycles. The lowest BCUT2D eigenvalue weighted by Crippen LogP contribution is -2.06. The number of halogens is 1. The molecule has 2 aromatic carbocycles. The molecule has 0 spiro atoms. The zero-order chi connectivity index (χ0) is 14.7. The minimum absolute atomic E-state index is 0.221. The molecular formula is C18H16ClNS. The van der Waals surface area contributed by atoms with Crippen molar-refractivity contribution in [3.63, 3.8) is 0 Å². The van der Waals surface area contributed by atoms with Gasteiger partial charge in [0.2, 0.25) is 0 Å². The maximum atomic E-state index is 6.03. The second-order valence-corrected chi connectivity index (χ2v) is 6.50. The van der Waals surface area contributed by atoms with Crippen LogP contribution in [0.25, 0.3) is 11.1 Å². The first-order valence-corrected chi connectivity index (χ1v) is 8.15. The Kier molecular flexibility index (Phi) is 4.28. The molecule has 0 amide bonds. The van der Waals surface area contributed by atoms with E-state index < -0.39 is 0 Å². The van der Waals surface area contributed by atoms with Gasteiger partial charge in [0.15, 0.2) is 0 Å². The van der Waals surface area contributed by atoms with Gasteiger partial charge in [0, 0.05) is 17.3 Å². The van der Waals surface area contributed by atoms with Gasteiger partial charge in [-0.25, -0.2) is 0 Å². The van der Waals surface area contributed by atoms with Crippen LogP contribution in [0.2, 0.25) is 4.34 Å². The molecule has 106 valence electrons. The molecule has 3 heteroatoms. The van der Waals surface area contributed by atoms with Crippen molar-refractivity contribution in [2.24, 2.45) is 0 Å². The fourth-order valence-electron chi connectivity index (χ4n) is 2.35. The van der Waals surface area contributed by atoms with Crippen molar-refractivity contribution in [3.05, 3.63) is 75.9 Å². The topological polar surface area (TPSA) is 12.0 Å². The second kappa shape index (κ2) is 6.33. The summed E-state index contributed by atoms with van der Waals surface area (Å²) in [5.74, 6) is 0. The summed E-state index contributed by atoms with van der Waals surface area (Å²) < 4.78 is 0.829. The van der Waals surface area contributed by atoms with Gasteiger partial charge < -0.3 is 5.32 Å². The number of nitrogens with one attached hydrogen (secondary N) is 1. The van der Waals surface area contributed by atoms with E-state index in [1.807, 2.05) is 12.1 Å². The first kappa shape index (κ1) is 14.2. The van der Waals surface area contributed by atoms with E-state index in [9.17, 15) is 0 Å². The number of para-hydroxylation sites is 1. The maximum Gasteiger partial charge on any atom is 0.0931 e. The van der Waals surface area contributed by atoms with Gasteiger partial charge in [-0.2, -0.15) is 0 Å². The Bertz CT molecular complexity index is 721. The van der Waals surface area contributed by atoms with Crippen molar-refractivity contribution in [2.75, 3.05) is 5.32 Å². The van der Waals surface area contributed by atoms with Crippen LogP contribution < -0.4 is 5.32 Å². The average molecular weight is 314 g/mol. The van der Waals surface area contributed by atoms with Crippen molar-refractivity contribution in [2.45, 2.75) is 13.0 Å². The van der Waals surface area contributed by atoms with Gasteiger partial charge in [0.25, 0.3) is 0 Å². The molecular weight excluding hydrogens is 298 g/mol. The van der Waals surface area contributed by atoms with Crippen LogP contribution in [0.1, 0.15) is 18.5 Å². The molecule has 0 aliphatic carbocycles. The SMILES string of the molecule is CC(Nc1ccccc1-c1ccccc1)c1csc(Cl)c1. The highest BCUT2D eigenvalue weighted by Gasteiger charge is 2.10. The molecule has 1 N–H and O–H groups in total. The molecule has 0 saturated heterocycles. The number of anilines is 1. The van der Waals surface area contributed by atoms with Crippen LogP contribution in [0.3, 0.4) is 0 Å². The van der Waals surface area contributed by atoms with Crippen LogP contribution in [0.5, 0.6) is 0 Å². The van der Waals surface area contributed by atoms with Gasteiger partial charge in [-0.1, -0.05) is 60.1 Å². The van der Waals surface area contributed by atoms with Gasteiger partial charge in [-0.15, -0.1) is 11.3 Å². The third-order valence-corrected chi connectivity index (χ3v) is 4.58. The molecule has 0 radical (unpaired) electrons. The van der Waals surface area contributed by atoms with E-state index in [0.29, 0.717) is 0 Å². The first-order chi connectivity index (χ1) is 10.2. The zero-order valence-electron chi connectivity index (χ0n) is 11.7. The lowest BCUT2D eigenvalue weighted by molar-refractivity contribution is 0.891. The molecule has 1 nitrogen and oxygen atoms in total. The fourth-order valence-corrected chi connectivity index (χ4v) is 3.33. The monoisotopic (exact) mass is 313 g/mol. The van der Waals surface area contributed by atoms with Gasteiger partial charge in [-0.05, 0) is 35.6 Å². The largest absolute Gasteiger partial charge is 0.378 e. The van der Waals surface area contributed by atoms with E-state index in [0.717, 1.165) is 10.0 Å². The molecule has 1 heterocycles. The quantitative estimate of drug-likeness (QED) is 0.601. The van der Waals surface area contributed by atoms with Crippen LogP contribution in [0.4, 0.5) is 5.69 Å². The van der Waals surface area contributed by atoms with E-state index in [1.54, 1.807) is 11.3 Å². The Hall–Kier alpha value is -1.77. The lowest BCUT2D eigenvalue weighted by Gasteiger charge is -2.17. The number of hydrogen-bond donors (Lipinski definition) is 1. The Morgan fingerprint density at radius 1 is 1.00 bits per heavy atom. The van der Waals surface area contributed by atoms with Crippen LogP contribution in [-0.2, 0) is 0 Å². The molecule has 3 rings (SSSR count). The van der Waals surface area contributed by atoms with Crippen LogP contribution in [-0.4, -0.2) is 0 Å². The molecule has 1 unspecified atom stereocenters. The Labute approximate surface area is 134 Å². The Morgan fingerprint density at radius 2 is 1.71 bits per heavy atom. The standard InChI is InChI=1S/C18H16ClNS/c1-13(15-11-18(19)21-12-15)20-17-10-6-5-9-16(17)14-7-3-2-4-8-14/h2-13,20H,1H3. The van der Waals surface area contributed by atoms with Crippen LogP contribution >= 0.6 is 22.9 Å². The zero-order valence-corrected chi connectivity index (χ0v) is 13.3. The molecule has 21 heavy (non-hydrogen) atoms. The van der Waals surface area contributed by atoms with Crippen molar-refractivity contribution in [3.8, 4) is 11.1 Å². The first-order valence-electron chi connectivity index (χ1n) is 6.89. The molecule has 1 atom stereocenters. The summed E-state index contributed by atoms with van der Waals surface area (Å²) in [6, 6.07) is 21.1. The van der Waals surface area contributed by atoms with Crippen LogP contribution in [0, 0.1) is 0 Å². The summed E-state index contributed by atoms with van der Waals surface area (Å²) in [4.78, 5) is 0. The van der Waals surface area contributed by atoms with Crippen molar-refractivity contribution in [1.29, 1.82) is 0 Å². The van der Waals surface area contributed by atoms with E-state index in [-0.39, 0.29) is 6.04 Å². The normalized spacial score (nSPS) is 12.1. The third kappa shape index (κ3) is 3.29. The molecule has 0 fully saturated rings. The molecule has 3 aromatic rings. The van der Waals surface area contributed by atoms with Gasteiger partial charge in [-0.3, -0.25) is 0 Å². The third-order valence-electron chi connectivity index (χ3n) is 3.47. The lowest BCUT2D eigenvalue weighted by atomic mass is 10.0. The van der Waals surface area contributed by atoms with Gasteiger partial charge >= 0.3 is 0 Å². The highest BCUT2D eigenvalue weighted by Crippen LogP contribution is 2.32. The minimum atomic E-state index is 0.221. The average Bonchev–Trinajstić information content (AvgIpc) is 2.95. The summed E-state index contributed by atoms with van der Waals surface area (Å²) >= 11 is 7.59. The van der Waals surface area contributed by atoms with Gasteiger partial charge in [0.05, 0.1) is 4.34 Å². The molecule has 0 bridgehead atoms. The van der Waals surface area contributed by atoms with E-state index in [1.165, 1.54) is 16.7 Å². The summed E-state index contributed by atoms with van der Waals surface area (Å²) in [6.07, 6.45) is 0. The summed E-state index contributed by atoms with van der Waals surface area (Å²) in [5, 5.41) is 5.69. The number of hydrogen-bond acceptors (Lipinski definition) is 2. The van der Waals surface area contributed by atoms with E-state index in [2.05, 4.69) is 66.2 Å². The Morgan fingerprint density at radius 3 is 2.43 bits per heavy atom. The highest BCUT2D eigenvalue weighted by atomic mass is 35.5. The molecule has 1 aromatic heterocycles. The van der Waals surface area contributed by atoms with Crippen molar-refractivity contribution < 1.29 is 0 Å².